The molecule has 0 atom stereocenters. The Hall–Kier alpha value is -4.84. The number of ether oxygens (including phenoxy) is 4. The van der Waals surface area contributed by atoms with E-state index in [4.69, 9.17) is 18.9 Å². The van der Waals surface area contributed by atoms with E-state index in [0.717, 1.165) is 16.7 Å². The van der Waals surface area contributed by atoms with Crippen LogP contribution < -0.4 is 18.9 Å². The molecule has 0 spiro atoms. The summed E-state index contributed by atoms with van der Waals surface area (Å²) < 4.78 is 21.9. The topological polar surface area (TPSA) is 71.1 Å². The van der Waals surface area contributed by atoms with E-state index >= 15 is 0 Å². The van der Waals surface area contributed by atoms with Gasteiger partial charge in [-0.2, -0.15) is 0 Å². The second kappa shape index (κ2) is 8.50. The SMILES string of the molecule is O=C(Oc1ccc2c(c1)OC(=Cc1ccc(-c3ccccc3)cc1)C2=O)c1ccc2c(c1)OCO2. The Balaban J connectivity index is 1.18. The number of hydrogen-bond donors (Lipinski definition) is 0. The summed E-state index contributed by atoms with van der Waals surface area (Å²) in [6.07, 6.45) is 1.70. The summed E-state index contributed by atoms with van der Waals surface area (Å²) in [5.41, 5.74) is 3.79. The Kier molecular flexibility index (Phi) is 5.04. The van der Waals surface area contributed by atoms with Crippen LogP contribution in [0.25, 0.3) is 17.2 Å². The summed E-state index contributed by atoms with van der Waals surface area (Å²) in [7, 11) is 0. The van der Waals surface area contributed by atoms with Crippen molar-refractivity contribution >= 4 is 17.8 Å². The molecule has 0 saturated heterocycles. The van der Waals surface area contributed by atoms with Crippen LogP contribution in [0.5, 0.6) is 23.0 Å². The minimum Gasteiger partial charge on any atom is -0.454 e. The molecule has 170 valence electrons. The lowest BCUT2D eigenvalue weighted by molar-refractivity contribution is 0.0734. The zero-order chi connectivity index (χ0) is 23.8. The Morgan fingerprint density at radius 2 is 1.54 bits per heavy atom. The maximum atomic E-state index is 12.8. The molecule has 0 N–H and O–H groups in total. The molecule has 2 heterocycles. The number of hydrogen-bond acceptors (Lipinski definition) is 6. The molecule has 0 fully saturated rings. The number of Topliss-reactive ketones (excluding diaryl/α,β-unsaturated/α-hetero) is 1. The third kappa shape index (κ3) is 4.02. The molecule has 4 aromatic rings. The standard InChI is InChI=1S/C29H18O6/c30-28-23-12-11-22(34-29(31)21-10-13-24-26(15-21)33-17-32-24)16-25(23)35-27(28)14-18-6-8-20(9-7-18)19-4-2-1-3-5-19/h1-16H,17H2. The van der Waals surface area contributed by atoms with Gasteiger partial charge in [-0.25, -0.2) is 4.79 Å². The summed E-state index contributed by atoms with van der Waals surface area (Å²) in [6, 6.07) is 27.5. The summed E-state index contributed by atoms with van der Waals surface area (Å²) in [4.78, 5) is 25.4. The van der Waals surface area contributed by atoms with Crippen LogP contribution in [0.15, 0.2) is 96.8 Å². The van der Waals surface area contributed by atoms with Gasteiger partial charge in [-0.05, 0) is 53.1 Å². The highest BCUT2D eigenvalue weighted by molar-refractivity contribution is 6.14. The molecule has 0 unspecified atom stereocenters. The van der Waals surface area contributed by atoms with E-state index in [1.165, 1.54) is 6.07 Å². The molecular formula is C29H18O6. The van der Waals surface area contributed by atoms with Gasteiger partial charge in [0, 0.05) is 6.07 Å². The lowest BCUT2D eigenvalue weighted by atomic mass is 10.0. The van der Waals surface area contributed by atoms with Gasteiger partial charge in [0.2, 0.25) is 12.6 Å². The first kappa shape index (κ1) is 20.7. The van der Waals surface area contributed by atoms with Crippen molar-refractivity contribution in [2.24, 2.45) is 0 Å². The first-order chi connectivity index (χ1) is 17.1. The zero-order valence-electron chi connectivity index (χ0n) is 18.4. The normalized spacial score (nSPS) is 14.5. The Morgan fingerprint density at radius 1 is 0.771 bits per heavy atom. The predicted molar refractivity (Wildman–Crippen MR) is 129 cm³/mol. The molecule has 2 aliphatic rings. The fraction of sp³-hybridized carbons (Fsp3) is 0.0345. The molecule has 0 saturated carbocycles. The van der Waals surface area contributed by atoms with Gasteiger partial charge < -0.3 is 18.9 Å². The third-order valence-electron chi connectivity index (χ3n) is 5.78. The van der Waals surface area contributed by atoms with Gasteiger partial charge in [0.1, 0.15) is 11.5 Å². The van der Waals surface area contributed by atoms with Crippen molar-refractivity contribution in [1.82, 2.24) is 0 Å². The fourth-order valence-corrected chi connectivity index (χ4v) is 3.97. The number of carbonyl (C=O) groups is 2. The van der Waals surface area contributed by atoms with Crippen LogP contribution >= 0.6 is 0 Å². The van der Waals surface area contributed by atoms with Crippen LogP contribution in [0.2, 0.25) is 0 Å². The Labute approximate surface area is 201 Å². The highest BCUT2D eigenvalue weighted by atomic mass is 16.7. The second-order valence-corrected chi connectivity index (χ2v) is 8.04. The maximum absolute atomic E-state index is 12.8. The lowest BCUT2D eigenvalue weighted by Crippen LogP contribution is -2.08. The monoisotopic (exact) mass is 462 g/mol. The van der Waals surface area contributed by atoms with Crippen molar-refractivity contribution < 1.29 is 28.5 Å². The van der Waals surface area contributed by atoms with E-state index < -0.39 is 5.97 Å². The molecule has 6 rings (SSSR count). The Morgan fingerprint density at radius 3 is 2.37 bits per heavy atom. The average Bonchev–Trinajstić information content (AvgIpc) is 3.48. The molecule has 6 heteroatoms. The van der Waals surface area contributed by atoms with Crippen LogP contribution in [0.3, 0.4) is 0 Å². The molecule has 0 radical (unpaired) electrons. The van der Waals surface area contributed by atoms with Gasteiger partial charge in [0.25, 0.3) is 0 Å². The lowest BCUT2D eigenvalue weighted by Gasteiger charge is -2.06. The molecule has 35 heavy (non-hydrogen) atoms. The smallest absolute Gasteiger partial charge is 0.343 e. The van der Waals surface area contributed by atoms with E-state index in [1.807, 2.05) is 54.6 Å². The van der Waals surface area contributed by atoms with E-state index in [-0.39, 0.29) is 24.1 Å². The molecule has 0 aliphatic carbocycles. The van der Waals surface area contributed by atoms with Crippen molar-refractivity contribution in [3.8, 4) is 34.1 Å². The van der Waals surface area contributed by atoms with Gasteiger partial charge >= 0.3 is 5.97 Å². The number of esters is 1. The number of allylic oxidation sites excluding steroid dienone is 1. The van der Waals surface area contributed by atoms with Crippen molar-refractivity contribution in [2.45, 2.75) is 0 Å². The first-order valence-electron chi connectivity index (χ1n) is 11.0. The number of ketones is 1. The van der Waals surface area contributed by atoms with Gasteiger partial charge in [-0.1, -0.05) is 54.6 Å². The molecule has 2 aliphatic heterocycles. The van der Waals surface area contributed by atoms with Gasteiger partial charge in [-0.15, -0.1) is 0 Å². The number of carbonyl (C=O) groups excluding carboxylic acids is 2. The van der Waals surface area contributed by atoms with E-state index in [1.54, 1.807) is 36.4 Å². The van der Waals surface area contributed by atoms with Gasteiger partial charge in [0.05, 0.1) is 11.1 Å². The predicted octanol–water partition coefficient (Wildman–Crippen LogP) is 5.92. The summed E-state index contributed by atoms with van der Waals surface area (Å²) in [5.74, 6) is 1.13. The third-order valence-corrected chi connectivity index (χ3v) is 5.78. The van der Waals surface area contributed by atoms with Crippen LogP contribution in [0.4, 0.5) is 0 Å². The van der Waals surface area contributed by atoms with Crippen LogP contribution in [0.1, 0.15) is 26.3 Å². The zero-order valence-corrected chi connectivity index (χ0v) is 18.4. The van der Waals surface area contributed by atoms with E-state index in [9.17, 15) is 9.59 Å². The maximum Gasteiger partial charge on any atom is 0.343 e. The summed E-state index contributed by atoms with van der Waals surface area (Å²) in [6.45, 7) is 0.122. The molecule has 6 nitrogen and oxygen atoms in total. The highest BCUT2D eigenvalue weighted by Crippen LogP contribution is 2.36. The van der Waals surface area contributed by atoms with Crippen LogP contribution in [0, 0.1) is 0 Å². The Bertz CT molecular complexity index is 1490. The molecule has 0 amide bonds. The number of benzene rings is 4. The van der Waals surface area contributed by atoms with Gasteiger partial charge in [0.15, 0.2) is 17.3 Å². The minimum absolute atomic E-state index is 0.122. The molecule has 4 aromatic carbocycles. The highest BCUT2D eigenvalue weighted by Gasteiger charge is 2.28. The fourth-order valence-electron chi connectivity index (χ4n) is 3.97. The van der Waals surface area contributed by atoms with Crippen LogP contribution in [-0.2, 0) is 0 Å². The summed E-state index contributed by atoms with van der Waals surface area (Å²) in [5, 5.41) is 0. The first-order valence-corrected chi connectivity index (χ1v) is 11.0. The molecule has 0 aromatic heterocycles. The molecular weight excluding hydrogens is 444 g/mol. The minimum atomic E-state index is -0.554. The average molecular weight is 462 g/mol. The van der Waals surface area contributed by atoms with Crippen molar-refractivity contribution in [3.63, 3.8) is 0 Å². The second-order valence-electron chi connectivity index (χ2n) is 8.04. The number of fused-ring (bicyclic) bond motifs is 2. The van der Waals surface area contributed by atoms with Crippen molar-refractivity contribution in [3.05, 3.63) is 113 Å². The van der Waals surface area contributed by atoms with E-state index in [2.05, 4.69) is 0 Å². The summed E-state index contributed by atoms with van der Waals surface area (Å²) >= 11 is 0. The van der Waals surface area contributed by atoms with Crippen LogP contribution in [-0.4, -0.2) is 18.5 Å². The van der Waals surface area contributed by atoms with Gasteiger partial charge in [-0.3, -0.25) is 4.79 Å². The largest absolute Gasteiger partial charge is 0.454 e. The molecule has 0 bridgehead atoms. The quantitative estimate of drug-likeness (QED) is 0.213. The van der Waals surface area contributed by atoms with Crippen molar-refractivity contribution in [2.75, 3.05) is 6.79 Å². The number of rotatable bonds is 4. The van der Waals surface area contributed by atoms with E-state index in [0.29, 0.717) is 28.4 Å². The van der Waals surface area contributed by atoms with Crippen molar-refractivity contribution in [1.29, 1.82) is 0 Å².